The highest BCUT2D eigenvalue weighted by Gasteiger charge is 2.27. The summed E-state index contributed by atoms with van der Waals surface area (Å²) in [6.45, 7) is 3.73. The maximum atomic E-state index is 13.5. The first kappa shape index (κ1) is 25.8. The molecule has 0 fully saturated rings. The van der Waals surface area contributed by atoms with Gasteiger partial charge >= 0.3 is 0 Å². The number of pyridine rings is 2. The molecule has 10 nitrogen and oxygen atoms in total. The summed E-state index contributed by atoms with van der Waals surface area (Å²) in [7, 11) is -2.76. The molecule has 1 aromatic carbocycles. The Hall–Kier alpha value is -4.27. The summed E-state index contributed by atoms with van der Waals surface area (Å²) in [6, 6.07) is 15.1. The third-order valence-electron chi connectivity index (χ3n) is 5.15. The van der Waals surface area contributed by atoms with Crippen LogP contribution in [0.1, 0.15) is 31.0 Å². The Labute approximate surface area is 219 Å². The molecule has 0 radical (unpaired) electrons. The largest absolute Gasteiger partial charge is 0.493 e. The van der Waals surface area contributed by atoms with Gasteiger partial charge in [-0.3, -0.25) is 4.72 Å². The minimum atomic E-state index is -4.23. The van der Waals surface area contributed by atoms with Crippen molar-refractivity contribution in [2.75, 3.05) is 11.8 Å². The summed E-state index contributed by atoms with van der Waals surface area (Å²) < 4.78 is 40.8. The number of hydrogen-bond donors (Lipinski definition) is 1. The molecule has 0 aliphatic heterocycles. The van der Waals surface area contributed by atoms with Crippen LogP contribution in [0.5, 0.6) is 17.2 Å². The van der Waals surface area contributed by atoms with Gasteiger partial charge in [-0.15, -0.1) is 0 Å². The Morgan fingerprint density at radius 3 is 2.49 bits per heavy atom. The third kappa shape index (κ3) is 5.61. The average molecular weight is 537 g/mol. The van der Waals surface area contributed by atoms with Crippen LogP contribution in [0.4, 0.5) is 5.82 Å². The number of nitrogens with one attached hydrogen (secondary N) is 1. The van der Waals surface area contributed by atoms with Gasteiger partial charge in [0, 0.05) is 18.0 Å². The van der Waals surface area contributed by atoms with Crippen molar-refractivity contribution < 1.29 is 17.9 Å². The Balaban J connectivity index is 1.88. The number of ether oxygens (including phenoxy) is 2. The van der Waals surface area contributed by atoms with Crippen molar-refractivity contribution in [2.45, 2.75) is 24.8 Å². The van der Waals surface area contributed by atoms with Crippen molar-refractivity contribution >= 4 is 27.4 Å². The lowest BCUT2D eigenvalue weighted by molar-refractivity contribution is 0.378. The van der Waals surface area contributed by atoms with Crippen molar-refractivity contribution in [3.63, 3.8) is 0 Å². The number of sulfonamides is 1. The number of nitrogens with zero attached hydrogens (tertiary/aromatic N) is 5. The standard InChI is InChI=1S/C25H21ClN6O4S/c1-15(2)18-7-6-11-29-25(18)37(33,34)32-24-21(36-20-9-5-4-8-19(20)35-3)22(26)30-23(31-24)16-10-12-28-17(13-16)14-27/h4-13,15H,1-3H3,(H,30,31,32). The minimum absolute atomic E-state index is 0.0547. The lowest BCUT2D eigenvalue weighted by Gasteiger charge is -2.17. The predicted octanol–water partition coefficient (Wildman–Crippen LogP) is 5.18. The lowest BCUT2D eigenvalue weighted by Crippen LogP contribution is -2.19. The van der Waals surface area contributed by atoms with E-state index in [1.165, 1.54) is 25.6 Å². The zero-order chi connectivity index (χ0) is 26.6. The average Bonchev–Trinajstić information content (AvgIpc) is 2.90. The molecule has 0 saturated carbocycles. The van der Waals surface area contributed by atoms with Crippen molar-refractivity contribution in [1.82, 2.24) is 19.9 Å². The summed E-state index contributed by atoms with van der Waals surface area (Å²) >= 11 is 6.51. The van der Waals surface area contributed by atoms with Gasteiger partial charge in [0.2, 0.25) is 5.75 Å². The fraction of sp³-hybridized carbons (Fsp3) is 0.160. The first-order chi connectivity index (χ1) is 17.7. The van der Waals surface area contributed by atoms with Gasteiger partial charge in [-0.05, 0) is 41.8 Å². The van der Waals surface area contributed by atoms with E-state index in [4.69, 9.17) is 21.1 Å². The van der Waals surface area contributed by atoms with E-state index in [1.54, 1.807) is 42.5 Å². The molecule has 0 unspecified atom stereocenters. The monoisotopic (exact) mass is 536 g/mol. The van der Waals surface area contributed by atoms with Gasteiger partial charge in [-0.25, -0.2) is 19.9 Å². The molecule has 0 atom stereocenters. The number of halogens is 1. The molecular weight excluding hydrogens is 516 g/mol. The lowest BCUT2D eigenvalue weighted by atomic mass is 10.1. The van der Waals surface area contributed by atoms with E-state index >= 15 is 0 Å². The van der Waals surface area contributed by atoms with Gasteiger partial charge in [0.05, 0.1) is 7.11 Å². The Kier molecular flexibility index (Phi) is 7.52. The van der Waals surface area contributed by atoms with Crippen molar-refractivity contribution in [3.8, 4) is 34.7 Å². The molecule has 3 aromatic heterocycles. The van der Waals surface area contributed by atoms with Crippen LogP contribution in [0.25, 0.3) is 11.4 Å². The number of anilines is 1. The third-order valence-corrected chi connectivity index (χ3v) is 6.71. The number of aromatic nitrogens is 4. The number of benzene rings is 1. The SMILES string of the molecule is COc1ccccc1Oc1c(Cl)nc(-c2ccnc(C#N)c2)nc1NS(=O)(=O)c1ncccc1C(C)C. The van der Waals surface area contributed by atoms with Crippen LogP contribution < -0.4 is 14.2 Å². The molecule has 0 bridgehead atoms. The van der Waals surface area contributed by atoms with Crippen LogP contribution >= 0.6 is 11.6 Å². The molecule has 3 heterocycles. The summed E-state index contributed by atoms with van der Waals surface area (Å²) in [4.78, 5) is 16.7. The molecule has 4 aromatic rings. The number of rotatable bonds is 8. The summed E-state index contributed by atoms with van der Waals surface area (Å²) in [5.41, 5.74) is 1.05. The molecule has 37 heavy (non-hydrogen) atoms. The van der Waals surface area contributed by atoms with Crippen LogP contribution in [0.2, 0.25) is 5.15 Å². The zero-order valence-corrected chi connectivity index (χ0v) is 21.6. The second-order valence-electron chi connectivity index (χ2n) is 7.97. The highest BCUT2D eigenvalue weighted by molar-refractivity contribution is 7.92. The van der Waals surface area contributed by atoms with Crippen LogP contribution in [0.15, 0.2) is 66.0 Å². The number of hydrogen-bond acceptors (Lipinski definition) is 9. The minimum Gasteiger partial charge on any atom is -0.493 e. The van der Waals surface area contributed by atoms with Crippen molar-refractivity contribution in [2.24, 2.45) is 0 Å². The first-order valence-electron chi connectivity index (χ1n) is 11.0. The van der Waals surface area contributed by atoms with Crippen LogP contribution in [-0.4, -0.2) is 35.5 Å². The summed E-state index contributed by atoms with van der Waals surface area (Å²) in [5.74, 6) is 0.220. The summed E-state index contributed by atoms with van der Waals surface area (Å²) in [6.07, 6.45) is 2.81. The molecular formula is C25H21ClN6O4S. The van der Waals surface area contributed by atoms with E-state index < -0.39 is 10.0 Å². The number of para-hydroxylation sites is 2. The molecule has 12 heteroatoms. The van der Waals surface area contributed by atoms with Gasteiger partial charge < -0.3 is 9.47 Å². The van der Waals surface area contributed by atoms with Gasteiger partial charge in [0.1, 0.15) is 11.8 Å². The summed E-state index contributed by atoms with van der Waals surface area (Å²) in [5, 5.41) is 8.89. The highest BCUT2D eigenvalue weighted by atomic mass is 35.5. The smallest absolute Gasteiger partial charge is 0.280 e. The predicted molar refractivity (Wildman–Crippen MR) is 137 cm³/mol. The Bertz CT molecular complexity index is 1610. The normalized spacial score (nSPS) is 11.1. The van der Waals surface area contributed by atoms with Gasteiger partial charge in [0.15, 0.2) is 33.3 Å². The fourth-order valence-corrected chi connectivity index (χ4v) is 4.91. The van der Waals surface area contributed by atoms with Crippen molar-refractivity contribution in [1.29, 1.82) is 5.26 Å². The maximum Gasteiger partial charge on any atom is 0.280 e. The van der Waals surface area contributed by atoms with E-state index in [-0.39, 0.29) is 44.9 Å². The molecule has 0 aliphatic carbocycles. The first-order valence-corrected chi connectivity index (χ1v) is 12.8. The quantitative estimate of drug-likeness (QED) is 0.301. The zero-order valence-electron chi connectivity index (χ0n) is 20.0. The van der Waals surface area contributed by atoms with Gasteiger partial charge in [0.25, 0.3) is 10.0 Å². The van der Waals surface area contributed by atoms with E-state index in [9.17, 15) is 13.7 Å². The number of nitriles is 1. The molecule has 1 N–H and O–H groups in total. The highest BCUT2D eigenvalue weighted by Crippen LogP contribution is 2.40. The second kappa shape index (κ2) is 10.8. The molecule has 0 saturated heterocycles. The molecule has 0 amide bonds. The van der Waals surface area contributed by atoms with Crippen LogP contribution in [0, 0.1) is 11.3 Å². The molecule has 0 spiro atoms. The molecule has 4 rings (SSSR count). The number of methoxy groups -OCH3 is 1. The van der Waals surface area contributed by atoms with E-state index in [0.717, 1.165) is 0 Å². The Morgan fingerprint density at radius 1 is 1.03 bits per heavy atom. The van der Waals surface area contributed by atoms with Crippen LogP contribution in [0.3, 0.4) is 0 Å². The van der Waals surface area contributed by atoms with Crippen molar-refractivity contribution in [3.05, 3.63) is 77.3 Å². The van der Waals surface area contributed by atoms with Gasteiger partial charge in [-0.2, -0.15) is 13.7 Å². The van der Waals surface area contributed by atoms with Crippen LogP contribution in [-0.2, 0) is 10.0 Å². The second-order valence-corrected chi connectivity index (χ2v) is 9.92. The van der Waals surface area contributed by atoms with Gasteiger partial charge in [-0.1, -0.05) is 43.6 Å². The van der Waals surface area contributed by atoms with E-state index in [2.05, 4.69) is 24.7 Å². The molecule has 188 valence electrons. The molecule has 0 aliphatic rings. The van der Waals surface area contributed by atoms with E-state index in [0.29, 0.717) is 16.9 Å². The fourth-order valence-electron chi connectivity index (χ4n) is 3.40. The topological polar surface area (TPSA) is 140 Å². The maximum absolute atomic E-state index is 13.5. The van der Waals surface area contributed by atoms with E-state index in [1.807, 2.05) is 19.9 Å². The Morgan fingerprint density at radius 2 is 1.78 bits per heavy atom.